The molecular weight excluding hydrogens is 356 g/mol. The van der Waals surface area contributed by atoms with Crippen LogP contribution in [0.5, 0.6) is 0 Å². The second-order valence-corrected chi connectivity index (χ2v) is 9.27. The number of nitrogens with one attached hydrogen (secondary N) is 1. The number of carboxylic acids is 1. The average molecular weight is 386 g/mol. The SMILES string of the molecule is Cc1nn(C(C)(C)C)c2nc(C(C)C)cc(C(=O)NC3(CC(=O)O)CCC3)c12. The molecule has 2 aromatic heterocycles. The summed E-state index contributed by atoms with van der Waals surface area (Å²) in [6.45, 7) is 12.1. The zero-order valence-corrected chi connectivity index (χ0v) is 17.6. The normalized spacial score (nSPS) is 16.2. The van der Waals surface area contributed by atoms with Crippen molar-refractivity contribution in [2.24, 2.45) is 0 Å². The average Bonchev–Trinajstić information content (AvgIpc) is 2.88. The van der Waals surface area contributed by atoms with Gasteiger partial charge in [0.25, 0.3) is 5.91 Å². The summed E-state index contributed by atoms with van der Waals surface area (Å²) in [5.74, 6) is -0.984. The Hall–Kier alpha value is -2.44. The van der Waals surface area contributed by atoms with E-state index in [1.807, 2.05) is 31.5 Å². The van der Waals surface area contributed by atoms with Crippen LogP contribution in [-0.2, 0) is 10.3 Å². The zero-order chi connectivity index (χ0) is 20.9. The lowest BCUT2D eigenvalue weighted by Gasteiger charge is -2.41. The Morgan fingerprint density at radius 1 is 1.32 bits per heavy atom. The lowest BCUT2D eigenvalue weighted by atomic mass is 9.74. The van der Waals surface area contributed by atoms with E-state index in [1.165, 1.54) is 0 Å². The van der Waals surface area contributed by atoms with Gasteiger partial charge in [0.2, 0.25) is 0 Å². The summed E-state index contributed by atoms with van der Waals surface area (Å²) in [5, 5.41) is 17.7. The highest BCUT2D eigenvalue weighted by atomic mass is 16.4. The molecule has 28 heavy (non-hydrogen) atoms. The van der Waals surface area contributed by atoms with Crippen LogP contribution >= 0.6 is 0 Å². The molecule has 0 radical (unpaired) electrons. The highest BCUT2D eigenvalue weighted by Crippen LogP contribution is 2.36. The molecule has 2 heterocycles. The number of fused-ring (bicyclic) bond motifs is 1. The minimum atomic E-state index is -0.889. The van der Waals surface area contributed by atoms with E-state index >= 15 is 0 Å². The molecule has 152 valence electrons. The van der Waals surface area contributed by atoms with Gasteiger partial charge in [-0.25, -0.2) is 9.67 Å². The molecule has 1 aliphatic rings. The van der Waals surface area contributed by atoms with Crippen LogP contribution in [0.25, 0.3) is 11.0 Å². The van der Waals surface area contributed by atoms with Gasteiger partial charge < -0.3 is 10.4 Å². The Labute approximate surface area is 165 Å². The quantitative estimate of drug-likeness (QED) is 0.816. The number of aryl methyl sites for hydroxylation is 1. The van der Waals surface area contributed by atoms with Crippen LogP contribution in [-0.4, -0.2) is 37.3 Å². The molecule has 0 aliphatic heterocycles. The molecule has 1 saturated carbocycles. The van der Waals surface area contributed by atoms with Gasteiger partial charge >= 0.3 is 5.97 Å². The van der Waals surface area contributed by atoms with E-state index in [0.29, 0.717) is 24.1 Å². The molecule has 7 nitrogen and oxygen atoms in total. The Kier molecular flexibility index (Phi) is 4.98. The number of hydrogen-bond donors (Lipinski definition) is 2. The van der Waals surface area contributed by atoms with Crippen LogP contribution in [0.4, 0.5) is 0 Å². The van der Waals surface area contributed by atoms with Crippen molar-refractivity contribution in [2.75, 3.05) is 0 Å². The summed E-state index contributed by atoms with van der Waals surface area (Å²) in [5.41, 5.74) is 1.87. The van der Waals surface area contributed by atoms with Crippen LogP contribution < -0.4 is 5.32 Å². The molecule has 0 atom stereocenters. The van der Waals surface area contributed by atoms with Crippen molar-refractivity contribution in [2.45, 2.75) is 84.2 Å². The fraction of sp³-hybridized carbons (Fsp3) is 0.619. The number of rotatable bonds is 5. The number of amides is 1. The Morgan fingerprint density at radius 3 is 2.43 bits per heavy atom. The van der Waals surface area contributed by atoms with Gasteiger partial charge in [0.05, 0.1) is 34.1 Å². The summed E-state index contributed by atoms with van der Waals surface area (Å²) >= 11 is 0. The number of pyridine rings is 1. The van der Waals surface area contributed by atoms with Crippen molar-refractivity contribution in [1.29, 1.82) is 0 Å². The van der Waals surface area contributed by atoms with E-state index in [0.717, 1.165) is 23.2 Å². The Bertz CT molecular complexity index is 933. The molecule has 7 heteroatoms. The molecule has 2 N–H and O–H groups in total. The van der Waals surface area contributed by atoms with Gasteiger partial charge in [0.1, 0.15) is 0 Å². The zero-order valence-electron chi connectivity index (χ0n) is 17.6. The van der Waals surface area contributed by atoms with E-state index in [1.54, 1.807) is 0 Å². The predicted molar refractivity (Wildman–Crippen MR) is 108 cm³/mol. The summed E-state index contributed by atoms with van der Waals surface area (Å²) in [6.07, 6.45) is 2.26. The Morgan fingerprint density at radius 2 is 1.96 bits per heavy atom. The lowest BCUT2D eigenvalue weighted by molar-refractivity contribution is -0.139. The van der Waals surface area contributed by atoms with Crippen LogP contribution in [0.1, 0.15) is 88.0 Å². The maximum absolute atomic E-state index is 13.3. The number of aliphatic carboxylic acids is 1. The standard InChI is InChI=1S/C21H30N4O3/c1-12(2)15-10-14(19(28)23-21(8-7-9-21)11-16(26)27)17-13(3)24-25(18(17)22-15)20(4,5)6/h10,12H,7-9,11H2,1-6H3,(H,23,28)(H,26,27). The summed E-state index contributed by atoms with van der Waals surface area (Å²) in [4.78, 5) is 29.4. The monoisotopic (exact) mass is 386 g/mol. The molecule has 3 rings (SSSR count). The molecular formula is C21H30N4O3. The molecule has 2 aromatic rings. The first-order valence-electron chi connectivity index (χ1n) is 9.88. The second-order valence-electron chi connectivity index (χ2n) is 9.27. The summed E-state index contributed by atoms with van der Waals surface area (Å²) < 4.78 is 1.87. The topological polar surface area (TPSA) is 97.1 Å². The maximum atomic E-state index is 13.3. The van der Waals surface area contributed by atoms with Crippen LogP contribution in [0, 0.1) is 6.92 Å². The molecule has 1 aliphatic carbocycles. The van der Waals surface area contributed by atoms with Crippen molar-refractivity contribution in [3.05, 3.63) is 23.0 Å². The number of carbonyl (C=O) groups excluding carboxylic acids is 1. The molecule has 0 aromatic carbocycles. The third kappa shape index (κ3) is 3.62. The van der Waals surface area contributed by atoms with Crippen LogP contribution in [0.3, 0.4) is 0 Å². The van der Waals surface area contributed by atoms with Crippen molar-refractivity contribution in [1.82, 2.24) is 20.1 Å². The molecule has 1 fully saturated rings. The number of aromatic nitrogens is 3. The van der Waals surface area contributed by atoms with Gasteiger partial charge in [-0.3, -0.25) is 9.59 Å². The largest absolute Gasteiger partial charge is 0.481 e. The second kappa shape index (κ2) is 6.87. The van der Waals surface area contributed by atoms with Gasteiger partial charge in [-0.2, -0.15) is 5.10 Å². The molecule has 0 bridgehead atoms. The third-order valence-corrected chi connectivity index (χ3v) is 5.48. The summed E-state index contributed by atoms with van der Waals surface area (Å²) in [7, 11) is 0. The minimum absolute atomic E-state index is 0.0513. The lowest BCUT2D eigenvalue weighted by Crippen LogP contribution is -2.54. The van der Waals surface area contributed by atoms with E-state index in [2.05, 4.69) is 31.2 Å². The predicted octanol–water partition coefficient (Wildman–Crippen LogP) is 3.75. The molecule has 0 saturated heterocycles. The summed E-state index contributed by atoms with van der Waals surface area (Å²) in [6, 6.07) is 1.83. The fourth-order valence-corrected chi connectivity index (χ4v) is 3.80. The van der Waals surface area contributed by atoms with Gasteiger partial charge in [0.15, 0.2) is 5.65 Å². The van der Waals surface area contributed by atoms with Gasteiger partial charge in [-0.15, -0.1) is 0 Å². The number of hydrogen-bond acceptors (Lipinski definition) is 4. The van der Waals surface area contributed by atoms with Crippen LogP contribution in [0.15, 0.2) is 6.07 Å². The van der Waals surface area contributed by atoms with Crippen LogP contribution in [0.2, 0.25) is 0 Å². The molecule has 0 unspecified atom stereocenters. The van der Waals surface area contributed by atoms with E-state index in [9.17, 15) is 14.7 Å². The number of nitrogens with zero attached hydrogens (tertiary/aromatic N) is 3. The van der Waals surface area contributed by atoms with E-state index < -0.39 is 11.5 Å². The van der Waals surface area contributed by atoms with Crippen molar-refractivity contribution in [3.63, 3.8) is 0 Å². The highest BCUT2D eigenvalue weighted by Gasteiger charge is 2.41. The number of carboxylic acid groups (broad SMARTS) is 1. The first kappa shape index (κ1) is 20.3. The van der Waals surface area contributed by atoms with Crippen molar-refractivity contribution < 1.29 is 14.7 Å². The number of carbonyl (C=O) groups is 2. The first-order valence-corrected chi connectivity index (χ1v) is 9.88. The van der Waals surface area contributed by atoms with Gasteiger partial charge in [0, 0.05) is 5.69 Å². The van der Waals surface area contributed by atoms with E-state index in [-0.39, 0.29) is 23.8 Å². The molecule has 1 amide bonds. The fourth-order valence-electron chi connectivity index (χ4n) is 3.80. The van der Waals surface area contributed by atoms with Crippen molar-refractivity contribution in [3.8, 4) is 0 Å². The van der Waals surface area contributed by atoms with Gasteiger partial charge in [-0.05, 0) is 58.9 Å². The Balaban J connectivity index is 2.13. The third-order valence-electron chi connectivity index (χ3n) is 5.48. The van der Waals surface area contributed by atoms with Crippen molar-refractivity contribution >= 4 is 22.9 Å². The smallest absolute Gasteiger partial charge is 0.305 e. The molecule has 0 spiro atoms. The highest BCUT2D eigenvalue weighted by molar-refractivity contribution is 6.07. The maximum Gasteiger partial charge on any atom is 0.305 e. The van der Waals surface area contributed by atoms with Gasteiger partial charge in [-0.1, -0.05) is 13.8 Å². The van der Waals surface area contributed by atoms with E-state index in [4.69, 9.17) is 4.98 Å². The first-order chi connectivity index (χ1) is 12.9. The minimum Gasteiger partial charge on any atom is -0.481 e.